The number of nitrogens with one attached hydrogen (secondary N) is 1. The lowest BCUT2D eigenvalue weighted by atomic mass is 10.2. The van der Waals surface area contributed by atoms with Crippen molar-refractivity contribution < 1.29 is 9.53 Å². The van der Waals surface area contributed by atoms with E-state index in [-0.39, 0.29) is 5.91 Å². The zero-order valence-electron chi connectivity index (χ0n) is 7.91. The second-order valence-corrected chi connectivity index (χ2v) is 2.71. The molecule has 74 valence electrons. The number of ether oxygens (including phenoxy) is 1. The highest BCUT2D eigenvalue weighted by Gasteiger charge is 2.02. The fourth-order valence-corrected chi connectivity index (χ4v) is 1.00. The van der Waals surface area contributed by atoms with Gasteiger partial charge in [-0.2, -0.15) is 0 Å². The first-order valence-corrected chi connectivity index (χ1v) is 4.08. The Labute approximate surface area is 82.4 Å². The van der Waals surface area contributed by atoms with Crippen LogP contribution in [-0.4, -0.2) is 5.91 Å². The maximum absolute atomic E-state index is 10.8. The minimum Gasteiger partial charge on any atom is -0.466 e. The molecule has 0 bridgehead atoms. The van der Waals surface area contributed by atoms with Gasteiger partial charge in [0.05, 0.1) is 17.6 Å². The summed E-state index contributed by atoms with van der Waals surface area (Å²) in [5.41, 5.74) is 6.67. The standard InChI is InChI=1S/C10H12N2O2/c1-3-14-8-4-5-9(11)10(6-8)12-7(2)13/h3-6H,1,11H2,2H3,(H,12,13). The summed E-state index contributed by atoms with van der Waals surface area (Å²) in [6.07, 6.45) is 1.31. The molecule has 0 aromatic heterocycles. The van der Waals surface area contributed by atoms with Crippen molar-refractivity contribution in [3.05, 3.63) is 31.0 Å². The van der Waals surface area contributed by atoms with Crippen molar-refractivity contribution in [1.29, 1.82) is 0 Å². The monoisotopic (exact) mass is 192 g/mol. The Kier molecular flexibility index (Phi) is 3.12. The molecule has 0 aliphatic rings. The zero-order chi connectivity index (χ0) is 10.6. The number of carbonyl (C=O) groups is 1. The zero-order valence-corrected chi connectivity index (χ0v) is 7.91. The summed E-state index contributed by atoms with van der Waals surface area (Å²) in [5, 5.41) is 2.59. The van der Waals surface area contributed by atoms with E-state index in [0.717, 1.165) is 0 Å². The molecule has 0 spiro atoms. The van der Waals surface area contributed by atoms with Crippen molar-refractivity contribution in [1.82, 2.24) is 0 Å². The van der Waals surface area contributed by atoms with Gasteiger partial charge in [0.2, 0.25) is 5.91 Å². The third-order valence-corrected chi connectivity index (χ3v) is 1.55. The number of nitrogens with two attached hydrogens (primary N) is 1. The first kappa shape index (κ1) is 10.1. The van der Waals surface area contributed by atoms with Crippen LogP contribution in [0.25, 0.3) is 0 Å². The number of rotatable bonds is 3. The van der Waals surface area contributed by atoms with Crippen molar-refractivity contribution >= 4 is 17.3 Å². The van der Waals surface area contributed by atoms with E-state index < -0.39 is 0 Å². The third-order valence-electron chi connectivity index (χ3n) is 1.55. The molecule has 0 atom stereocenters. The quantitative estimate of drug-likeness (QED) is 0.566. The van der Waals surface area contributed by atoms with Gasteiger partial charge < -0.3 is 15.8 Å². The van der Waals surface area contributed by atoms with Gasteiger partial charge in [0.1, 0.15) is 5.75 Å². The van der Waals surface area contributed by atoms with Gasteiger partial charge in [-0.05, 0) is 12.1 Å². The predicted octanol–water partition coefficient (Wildman–Crippen LogP) is 1.75. The first-order chi connectivity index (χ1) is 6.63. The summed E-state index contributed by atoms with van der Waals surface area (Å²) in [6, 6.07) is 4.99. The molecule has 0 aliphatic heterocycles. The van der Waals surface area contributed by atoms with Crippen LogP contribution in [0.5, 0.6) is 5.75 Å². The highest BCUT2D eigenvalue weighted by molar-refractivity contribution is 5.92. The van der Waals surface area contributed by atoms with E-state index in [9.17, 15) is 4.79 Å². The molecule has 0 saturated carbocycles. The summed E-state index contributed by atoms with van der Waals surface area (Å²) in [7, 11) is 0. The number of amides is 1. The van der Waals surface area contributed by atoms with E-state index in [2.05, 4.69) is 11.9 Å². The third kappa shape index (κ3) is 2.52. The molecule has 0 fully saturated rings. The fourth-order valence-electron chi connectivity index (χ4n) is 1.00. The molecular formula is C10H12N2O2. The molecular weight excluding hydrogens is 180 g/mol. The van der Waals surface area contributed by atoms with Gasteiger partial charge in [0.25, 0.3) is 0 Å². The Morgan fingerprint density at radius 1 is 1.64 bits per heavy atom. The molecule has 3 N–H and O–H groups in total. The van der Waals surface area contributed by atoms with Crippen LogP contribution in [0.2, 0.25) is 0 Å². The van der Waals surface area contributed by atoms with Crippen LogP contribution >= 0.6 is 0 Å². The predicted molar refractivity (Wildman–Crippen MR) is 56.0 cm³/mol. The van der Waals surface area contributed by atoms with Crippen LogP contribution in [0.3, 0.4) is 0 Å². The Morgan fingerprint density at radius 2 is 2.36 bits per heavy atom. The van der Waals surface area contributed by atoms with Gasteiger partial charge in [-0.3, -0.25) is 4.79 Å². The van der Waals surface area contributed by atoms with Gasteiger partial charge >= 0.3 is 0 Å². The molecule has 0 unspecified atom stereocenters. The second kappa shape index (κ2) is 4.32. The molecule has 1 rings (SSSR count). The number of hydrogen-bond acceptors (Lipinski definition) is 3. The topological polar surface area (TPSA) is 64.3 Å². The highest BCUT2D eigenvalue weighted by atomic mass is 16.5. The minimum atomic E-state index is -0.174. The Hall–Kier alpha value is -1.97. The van der Waals surface area contributed by atoms with Gasteiger partial charge in [0, 0.05) is 13.0 Å². The van der Waals surface area contributed by atoms with Crippen LogP contribution < -0.4 is 15.8 Å². The van der Waals surface area contributed by atoms with Gasteiger partial charge in [-0.1, -0.05) is 6.58 Å². The van der Waals surface area contributed by atoms with Crippen LogP contribution in [0, 0.1) is 0 Å². The Bertz CT molecular complexity index is 361. The van der Waals surface area contributed by atoms with Crippen molar-refractivity contribution in [2.24, 2.45) is 0 Å². The van der Waals surface area contributed by atoms with Crippen LogP contribution in [-0.2, 0) is 4.79 Å². The minimum absolute atomic E-state index is 0.174. The van der Waals surface area contributed by atoms with E-state index in [1.807, 2.05) is 0 Å². The smallest absolute Gasteiger partial charge is 0.221 e. The maximum atomic E-state index is 10.8. The van der Waals surface area contributed by atoms with Gasteiger partial charge in [0.15, 0.2) is 0 Å². The van der Waals surface area contributed by atoms with E-state index in [1.165, 1.54) is 13.2 Å². The summed E-state index contributed by atoms with van der Waals surface area (Å²) in [5.74, 6) is 0.408. The molecule has 0 heterocycles. The maximum Gasteiger partial charge on any atom is 0.221 e. The molecule has 4 nitrogen and oxygen atoms in total. The average Bonchev–Trinajstić information content (AvgIpc) is 2.10. The number of anilines is 2. The Morgan fingerprint density at radius 3 is 2.93 bits per heavy atom. The van der Waals surface area contributed by atoms with E-state index in [1.54, 1.807) is 18.2 Å². The first-order valence-electron chi connectivity index (χ1n) is 4.08. The lowest BCUT2D eigenvalue weighted by Gasteiger charge is -2.07. The molecule has 1 aromatic carbocycles. The molecule has 0 aliphatic carbocycles. The van der Waals surface area contributed by atoms with Crippen molar-refractivity contribution in [2.45, 2.75) is 6.92 Å². The van der Waals surface area contributed by atoms with E-state index >= 15 is 0 Å². The largest absolute Gasteiger partial charge is 0.466 e. The number of carbonyl (C=O) groups excluding carboxylic acids is 1. The number of hydrogen-bond donors (Lipinski definition) is 2. The van der Waals surface area contributed by atoms with Crippen molar-refractivity contribution in [3.8, 4) is 5.75 Å². The molecule has 1 aromatic rings. The normalized spacial score (nSPS) is 9.21. The average molecular weight is 192 g/mol. The summed E-state index contributed by atoms with van der Waals surface area (Å²) in [4.78, 5) is 10.8. The molecule has 0 saturated heterocycles. The highest BCUT2D eigenvalue weighted by Crippen LogP contribution is 2.24. The van der Waals surface area contributed by atoms with Gasteiger partial charge in [-0.25, -0.2) is 0 Å². The van der Waals surface area contributed by atoms with Crippen LogP contribution in [0.1, 0.15) is 6.92 Å². The fraction of sp³-hybridized carbons (Fsp3) is 0.100. The molecule has 4 heteroatoms. The van der Waals surface area contributed by atoms with E-state index in [4.69, 9.17) is 10.5 Å². The van der Waals surface area contributed by atoms with Crippen molar-refractivity contribution in [3.63, 3.8) is 0 Å². The van der Waals surface area contributed by atoms with E-state index in [0.29, 0.717) is 17.1 Å². The Balaban J connectivity index is 2.95. The van der Waals surface area contributed by atoms with Gasteiger partial charge in [-0.15, -0.1) is 0 Å². The second-order valence-electron chi connectivity index (χ2n) is 2.71. The molecule has 14 heavy (non-hydrogen) atoms. The lowest BCUT2D eigenvalue weighted by molar-refractivity contribution is -0.114. The molecule has 1 amide bonds. The number of nitrogen functional groups attached to an aromatic ring is 1. The summed E-state index contributed by atoms with van der Waals surface area (Å²) in [6.45, 7) is 4.85. The number of benzene rings is 1. The summed E-state index contributed by atoms with van der Waals surface area (Å²) >= 11 is 0. The SMILES string of the molecule is C=COc1ccc(N)c(NC(C)=O)c1. The van der Waals surface area contributed by atoms with Crippen LogP contribution in [0.15, 0.2) is 31.0 Å². The summed E-state index contributed by atoms with van der Waals surface area (Å²) < 4.78 is 5.04. The van der Waals surface area contributed by atoms with Crippen molar-refractivity contribution in [2.75, 3.05) is 11.1 Å². The van der Waals surface area contributed by atoms with Crippen LogP contribution in [0.4, 0.5) is 11.4 Å². The molecule has 0 radical (unpaired) electrons. The lowest BCUT2D eigenvalue weighted by Crippen LogP contribution is -2.07.